The van der Waals surface area contributed by atoms with Gasteiger partial charge in [0.05, 0.1) is 57.9 Å². The summed E-state index contributed by atoms with van der Waals surface area (Å²) in [6.45, 7) is 2.44. The summed E-state index contributed by atoms with van der Waals surface area (Å²) in [5.74, 6) is 0.116. The molecule has 0 radical (unpaired) electrons. The van der Waals surface area contributed by atoms with Crippen molar-refractivity contribution in [1.82, 2.24) is 9.97 Å². The largest absolute Gasteiger partial charge is 0.524 e. The summed E-state index contributed by atoms with van der Waals surface area (Å²) in [5.41, 5.74) is 10.5. The van der Waals surface area contributed by atoms with Crippen LogP contribution in [0.25, 0.3) is 30.4 Å². The smallest absolute Gasteiger partial charge is 0.404 e. The molecule has 4 rings (SSSR count). The van der Waals surface area contributed by atoms with Crippen molar-refractivity contribution in [2.75, 3.05) is 26.4 Å². The van der Waals surface area contributed by atoms with Gasteiger partial charge in [0.2, 0.25) is 0 Å². The Balaban J connectivity index is 0.000000286. The Morgan fingerprint density at radius 3 is 1.70 bits per heavy atom. The first-order valence-corrected chi connectivity index (χ1v) is 13.9. The summed E-state index contributed by atoms with van der Waals surface area (Å²) in [6.07, 6.45) is 0. The van der Waals surface area contributed by atoms with Gasteiger partial charge in [0, 0.05) is 6.07 Å². The van der Waals surface area contributed by atoms with Crippen LogP contribution in [0.4, 0.5) is 0 Å². The van der Waals surface area contributed by atoms with Gasteiger partial charge in [-0.2, -0.15) is 0 Å². The fraction of sp³-hybridized carbons (Fsp3) is 0.364. The fourth-order valence-electron chi connectivity index (χ4n) is 2.25. The minimum atomic E-state index is -4.56. The number of phosphoric ester groups is 1. The van der Waals surface area contributed by atoms with Crippen molar-refractivity contribution in [2.45, 2.75) is 24.9 Å². The number of rotatable bonds is 7. The Hall–Kier alpha value is -2.07. The number of benzene rings is 2. The van der Waals surface area contributed by atoms with Crippen LogP contribution >= 0.6 is 30.5 Å². The second-order valence-electron chi connectivity index (χ2n) is 8.66. The molecule has 0 amide bonds. The minimum Gasteiger partial charge on any atom is -0.404 e. The minimum absolute atomic E-state index is 0.116. The molecule has 10 N–H and O–H groups in total. The molecule has 12 nitrogen and oxygen atoms in total. The van der Waals surface area contributed by atoms with E-state index < -0.39 is 18.9 Å². The van der Waals surface area contributed by atoms with Gasteiger partial charge in [-0.25, -0.2) is 14.5 Å². The number of hydrogen-bond donors (Lipinski definition) is 8. The maximum absolute atomic E-state index is 10.9. The van der Waals surface area contributed by atoms with Crippen molar-refractivity contribution < 1.29 is 39.3 Å². The second kappa shape index (κ2) is 13.1. The molecule has 0 atom stereocenters. The second-order valence-corrected chi connectivity index (χ2v) is 11.9. The van der Waals surface area contributed by atoms with Gasteiger partial charge < -0.3 is 36.4 Å². The highest BCUT2D eigenvalue weighted by molar-refractivity contribution is 7.46. The van der Waals surface area contributed by atoms with E-state index in [-0.39, 0.29) is 32.2 Å². The molecule has 2 heterocycles. The fourth-order valence-corrected chi connectivity index (χ4v) is 4.62. The maximum atomic E-state index is 10.9. The third-order valence-electron chi connectivity index (χ3n) is 4.51. The summed E-state index contributed by atoms with van der Waals surface area (Å²) in [4.78, 5) is 26.9. The number of phosphoric acid groups is 1. The van der Waals surface area contributed by atoms with E-state index in [4.69, 9.17) is 41.7 Å². The number of nitrogens with zero attached hydrogens (tertiary/aromatic N) is 2. The number of fused-ring (bicyclic) bond motifs is 2. The van der Waals surface area contributed by atoms with E-state index in [1.807, 2.05) is 24.3 Å². The standard InChI is InChI=1S/C14H9N2O4PS2.2C4H11NO2/c17-21(18,19)20-8-5-6-10-12(7-8)23-14(16-10)13-15-9-3-1-2-4-11(9)22-13;2*1-4(5,2-6)3-7/h1-7H,(H2,17,18,19);2*6-7H,2-3,5H2,1H3. The number of thiazole rings is 2. The zero-order chi connectivity index (χ0) is 27.9. The molecule has 0 saturated heterocycles. The van der Waals surface area contributed by atoms with Crippen molar-refractivity contribution in [2.24, 2.45) is 11.5 Å². The quantitative estimate of drug-likeness (QED) is 0.147. The molecule has 0 aliphatic heterocycles. The SMILES string of the molecule is CC(N)(CO)CO.CC(N)(CO)CO.O=P(O)(O)Oc1ccc2nc(-c3nc4ccccc4s3)sc2c1. The predicted octanol–water partition coefficient (Wildman–Crippen LogP) is 1.42. The lowest BCUT2D eigenvalue weighted by molar-refractivity contribution is 0.134. The number of aliphatic hydroxyl groups is 4. The first kappa shape index (κ1) is 31.1. The number of hydrogen-bond acceptors (Lipinski definition) is 12. The molecule has 0 saturated carbocycles. The molecule has 2 aromatic carbocycles. The van der Waals surface area contributed by atoms with Gasteiger partial charge >= 0.3 is 7.82 Å². The molecule has 37 heavy (non-hydrogen) atoms. The summed E-state index contributed by atoms with van der Waals surface area (Å²) in [7, 11) is -4.56. The summed E-state index contributed by atoms with van der Waals surface area (Å²) >= 11 is 2.97. The Bertz CT molecular complexity index is 1280. The number of para-hydroxylation sites is 1. The van der Waals surface area contributed by atoms with Crippen LogP contribution in [-0.4, -0.2) is 77.7 Å². The highest BCUT2D eigenvalue weighted by atomic mass is 32.1. The average molecular weight is 575 g/mol. The zero-order valence-corrected chi connectivity index (χ0v) is 22.7. The van der Waals surface area contributed by atoms with Crippen LogP contribution in [0.5, 0.6) is 5.75 Å². The van der Waals surface area contributed by atoms with Gasteiger partial charge in [-0.15, -0.1) is 22.7 Å². The van der Waals surface area contributed by atoms with E-state index in [0.717, 1.165) is 30.4 Å². The normalized spacial score (nSPS) is 12.1. The summed E-state index contributed by atoms with van der Waals surface area (Å²) in [5, 5.41) is 34.8. The van der Waals surface area contributed by atoms with Crippen LogP contribution in [0.1, 0.15) is 13.8 Å². The molecular weight excluding hydrogens is 543 g/mol. The molecule has 0 unspecified atom stereocenters. The van der Waals surface area contributed by atoms with Crippen molar-refractivity contribution >= 4 is 50.9 Å². The third kappa shape index (κ3) is 9.96. The van der Waals surface area contributed by atoms with Crippen LogP contribution < -0.4 is 16.0 Å². The zero-order valence-electron chi connectivity index (χ0n) is 20.2. The van der Waals surface area contributed by atoms with Crippen LogP contribution in [0.15, 0.2) is 42.5 Å². The lowest BCUT2D eigenvalue weighted by Gasteiger charge is -2.16. The third-order valence-corrected chi connectivity index (χ3v) is 7.15. The maximum Gasteiger partial charge on any atom is 0.524 e. The molecule has 2 aromatic heterocycles. The topological polar surface area (TPSA) is 225 Å². The lowest BCUT2D eigenvalue weighted by atomic mass is 10.1. The Morgan fingerprint density at radius 2 is 1.27 bits per heavy atom. The van der Waals surface area contributed by atoms with Gasteiger partial charge in [-0.3, -0.25) is 9.79 Å². The molecule has 0 spiro atoms. The molecule has 0 aliphatic rings. The molecule has 204 valence electrons. The van der Waals surface area contributed by atoms with E-state index in [1.54, 1.807) is 37.3 Å². The highest BCUT2D eigenvalue weighted by Crippen LogP contribution is 2.40. The van der Waals surface area contributed by atoms with Gasteiger partial charge in [0.25, 0.3) is 0 Å². The van der Waals surface area contributed by atoms with E-state index >= 15 is 0 Å². The average Bonchev–Trinajstić information content (AvgIpc) is 3.47. The van der Waals surface area contributed by atoms with Gasteiger partial charge in [0.1, 0.15) is 5.75 Å². The highest BCUT2D eigenvalue weighted by Gasteiger charge is 2.18. The van der Waals surface area contributed by atoms with Crippen molar-refractivity contribution in [3.05, 3.63) is 42.5 Å². The Kier molecular flexibility index (Phi) is 11.1. The molecule has 15 heteroatoms. The van der Waals surface area contributed by atoms with Gasteiger partial charge in [-0.05, 0) is 38.1 Å². The van der Waals surface area contributed by atoms with Crippen LogP contribution in [0.3, 0.4) is 0 Å². The van der Waals surface area contributed by atoms with Crippen LogP contribution in [-0.2, 0) is 4.57 Å². The summed E-state index contributed by atoms with van der Waals surface area (Å²) in [6, 6.07) is 12.6. The number of nitrogens with two attached hydrogens (primary N) is 2. The first-order valence-electron chi connectivity index (χ1n) is 10.8. The Labute approximate surface area is 221 Å². The van der Waals surface area contributed by atoms with Crippen LogP contribution in [0.2, 0.25) is 0 Å². The van der Waals surface area contributed by atoms with Crippen LogP contribution in [0, 0.1) is 0 Å². The molecule has 0 fully saturated rings. The monoisotopic (exact) mass is 574 g/mol. The Morgan fingerprint density at radius 1 is 0.811 bits per heavy atom. The first-order chi connectivity index (χ1) is 17.2. The van der Waals surface area contributed by atoms with Crippen molar-refractivity contribution in [1.29, 1.82) is 0 Å². The number of aliphatic hydroxyl groups excluding tert-OH is 4. The predicted molar refractivity (Wildman–Crippen MR) is 144 cm³/mol. The molecule has 4 aromatic rings. The number of aromatic nitrogens is 2. The van der Waals surface area contributed by atoms with E-state index in [9.17, 15) is 4.57 Å². The van der Waals surface area contributed by atoms with Gasteiger partial charge in [-0.1, -0.05) is 12.1 Å². The van der Waals surface area contributed by atoms with Crippen molar-refractivity contribution in [3.63, 3.8) is 0 Å². The molecule has 0 aliphatic carbocycles. The van der Waals surface area contributed by atoms with Gasteiger partial charge in [0.15, 0.2) is 10.0 Å². The van der Waals surface area contributed by atoms with Crippen molar-refractivity contribution in [3.8, 4) is 15.8 Å². The lowest BCUT2D eigenvalue weighted by Crippen LogP contribution is -2.43. The van der Waals surface area contributed by atoms with E-state index in [2.05, 4.69) is 14.5 Å². The molecular formula is C22H31N4O8PS2. The van der Waals surface area contributed by atoms with E-state index in [0.29, 0.717) is 0 Å². The summed E-state index contributed by atoms with van der Waals surface area (Å²) < 4.78 is 17.4. The molecule has 0 bridgehead atoms. The van der Waals surface area contributed by atoms with E-state index in [1.165, 1.54) is 17.4 Å².